The highest BCUT2D eigenvalue weighted by atomic mass is 16.5. The first kappa shape index (κ1) is 13.7. The van der Waals surface area contributed by atoms with Gasteiger partial charge in [0.2, 0.25) is 5.75 Å². The number of rotatable bonds is 2. The van der Waals surface area contributed by atoms with Crippen molar-refractivity contribution >= 4 is 17.0 Å². The third-order valence-electron chi connectivity index (χ3n) is 3.79. The average molecular weight is 286 g/mol. The van der Waals surface area contributed by atoms with E-state index in [-0.39, 0.29) is 11.7 Å². The van der Waals surface area contributed by atoms with Gasteiger partial charge in [0.25, 0.3) is 0 Å². The standard InChI is InChI=1S/C17H18O4/c1-5-6-11-12-8-10(3)20-15(12)17(19-4)16-14(11)9(2)7-13(18)21-16/h5-7,10H,8H2,1-4H3/b6-5-. The van der Waals surface area contributed by atoms with Crippen molar-refractivity contribution in [1.29, 1.82) is 0 Å². The maximum atomic E-state index is 11.7. The predicted molar refractivity (Wildman–Crippen MR) is 82.3 cm³/mol. The Labute approximate surface area is 123 Å². The molecular formula is C17H18O4. The molecule has 0 saturated heterocycles. The SMILES string of the molecule is C/C=C\c1c2c(c(OC)c3oc(=O)cc(C)c13)OC(C)C2. The van der Waals surface area contributed by atoms with Crippen LogP contribution in [0.2, 0.25) is 0 Å². The number of fused-ring (bicyclic) bond motifs is 2. The molecule has 0 radical (unpaired) electrons. The van der Waals surface area contributed by atoms with Crippen LogP contribution in [0.1, 0.15) is 30.5 Å². The molecule has 1 aliphatic rings. The molecule has 1 unspecified atom stereocenters. The number of hydrogen-bond acceptors (Lipinski definition) is 4. The Hall–Kier alpha value is -2.23. The molecule has 4 nitrogen and oxygen atoms in total. The van der Waals surface area contributed by atoms with Gasteiger partial charge in [0.15, 0.2) is 11.3 Å². The first-order valence-corrected chi connectivity index (χ1v) is 7.03. The topological polar surface area (TPSA) is 48.7 Å². The molecule has 0 spiro atoms. The van der Waals surface area contributed by atoms with E-state index in [9.17, 15) is 4.79 Å². The molecular weight excluding hydrogens is 268 g/mol. The van der Waals surface area contributed by atoms with Crippen LogP contribution in [0.15, 0.2) is 21.4 Å². The molecule has 0 bridgehead atoms. The summed E-state index contributed by atoms with van der Waals surface area (Å²) in [5.74, 6) is 1.21. The van der Waals surface area contributed by atoms with Crippen LogP contribution in [0.4, 0.5) is 0 Å². The van der Waals surface area contributed by atoms with E-state index in [0.29, 0.717) is 17.1 Å². The molecule has 2 heterocycles. The van der Waals surface area contributed by atoms with Gasteiger partial charge in [0.05, 0.1) is 7.11 Å². The van der Waals surface area contributed by atoms with E-state index >= 15 is 0 Å². The van der Waals surface area contributed by atoms with E-state index in [4.69, 9.17) is 13.9 Å². The van der Waals surface area contributed by atoms with E-state index in [2.05, 4.69) is 0 Å². The monoisotopic (exact) mass is 286 g/mol. The molecule has 0 saturated carbocycles. The molecule has 0 amide bonds. The number of aryl methyl sites for hydroxylation is 1. The van der Waals surface area contributed by atoms with Gasteiger partial charge in [-0.25, -0.2) is 4.79 Å². The lowest BCUT2D eigenvalue weighted by Crippen LogP contribution is -2.05. The van der Waals surface area contributed by atoms with Crippen LogP contribution in [0.3, 0.4) is 0 Å². The second-order valence-electron chi connectivity index (χ2n) is 5.34. The van der Waals surface area contributed by atoms with Crippen molar-refractivity contribution in [3.05, 3.63) is 39.3 Å². The number of methoxy groups -OCH3 is 1. The van der Waals surface area contributed by atoms with Crippen molar-refractivity contribution in [3.8, 4) is 11.5 Å². The zero-order chi connectivity index (χ0) is 15.1. The summed E-state index contributed by atoms with van der Waals surface area (Å²) in [6.45, 7) is 5.90. The lowest BCUT2D eigenvalue weighted by molar-refractivity contribution is 0.243. The molecule has 2 aromatic rings. The van der Waals surface area contributed by atoms with E-state index in [0.717, 1.165) is 28.5 Å². The minimum absolute atomic E-state index is 0.0850. The lowest BCUT2D eigenvalue weighted by atomic mass is 9.95. The van der Waals surface area contributed by atoms with Crippen LogP contribution < -0.4 is 15.1 Å². The Morgan fingerprint density at radius 2 is 2.19 bits per heavy atom. The fraction of sp³-hybridized carbons (Fsp3) is 0.353. The number of ether oxygens (including phenoxy) is 2. The summed E-state index contributed by atoms with van der Waals surface area (Å²) in [5.41, 5.74) is 3.13. The minimum atomic E-state index is -0.379. The summed E-state index contributed by atoms with van der Waals surface area (Å²) in [6, 6.07) is 1.51. The maximum absolute atomic E-state index is 11.7. The summed E-state index contributed by atoms with van der Waals surface area (Å²) >= 11 is 0. The first-order chi connectivity index (χ1) is 10.1. The average Bonchev–Trinajstić information content (AvgIpc) is 2.79. The van der Waals surface area contributed by atoms with Crippen LogP contribution in [0, 0.1) is 6.92 Å². The number of benzene rings is 1. The van der Waals surface area contributed by atoms with Crippen molar-refractivity contribution in [2.75, 3.05) is 7.11 Å². The zero-order valence-electron chi connectivity index (χ0n) is 12.6. The lowest BCUT2D eigenvalue weighted by Gasteiger charge is -2.14. The van der Waals surface area contributed by atoms with Crippen LogP contribution in [0.25, 0.3) is 17.0 Å². The summed E-state index contributed by atoms with van der Waals surface area (Å²) in [4.78, 5) is 11.7. The Kier molecular flexibility index (Phi) is 3.24. The molecule has 0 N–H and O–H groups in total. The highest BCUT2D eigenvalue weighted by Gasteiger charge is 2.30. The molecule has 1 aromatic carbocycles. The second-order valence-corrected chi connectivity index (χ2v) is 5.34. The van der Waals surface area contributed by atoms with Crippen molar-refractivity contribution in [2.24, 2.45) is 0 Å². The molecule has 1 aromatic heterocycles. The second kappa shape index (κ2) is 4.95. The van der Waals surface area contributed by atoms with Crippen LogP contribution in [-0.2, 0) is 6.42 Å². The fourth-order valence-electron chi connectivity index (χ4n) is 3.01. The van der Waals surface area contributed by atoms with Crippen molar-refractivity contribution < 1.29 is 13.9 Å². The van der Waals surface area contributed by atoms with Gasteiger partial charge in [-0.2, -0.15) is 0 Å². The van der Waals surface area contributed by atoms with Crippen LogP contribution >= 0.6 is 0 Å². The first-order valence-electron chi connectivity index (χ1n) is 7.03. The van der Waals surface area contributed by atoms with Gasteiger partial charge in [-0.3, -0.25) is 0 Å². The molecule has 4 heteroatoms. The molecule has 0 fully saturated rings. The van der Waals surface area contributed by atoms with E-state index in [1.54, 1.807) is 7.11 Å². The molecule has 21 heavy (non-hydrogen) atoms. The van der Waals surface area contributed by atoms with E-state index in [1.807, 2.05) is 32.9 Å². The Bertz CT molecular complexity index is 799. The quantitative estimate of drug-likeness (QED) is 0.793. The smallest absolute Gasteiger partial charge is 0.336 e. The summed E-state index contributed by atoms with van der Waals surface area (Å²) in [7, 11) is 1.57. The molecule has 1 atom stereocenters. The molecule has 110 valence electrons. The van der Waals surface area contributed by atoms with Gasteiger partial charge in [-0.15, -0.1) is 0 Å². The molecule has 1 aliphatic heterocycles. The van der Waals surface area contributed by atoms with Crippen LogP contribution in [0.5, 0.6) is 11.5 Å². The van der Waals surface area contributed by atoms with Gasteiger partial charge in [0.1, 0.15) is 6.10 Å². The normalized spacial score (nSPS) is 17.2. The fourth-order valence-corrected chi connectivity index (χ4v) is 3.01. The van der Waals surface area contributed by atoms with Gasteiger partial charge in [-0.1, -0.05) is 12.2 Å². The maximum Gasteiger partial charge on any atom is 0.336 e. The predicted octanol–water partition coefficient (Wildman–Crippen LogP) is 3.47. The van der Waals surface area contributed by atoms with Gasteiger partial charge >= 0.3 is 5.63 Å². The Balaban J connectivity index is 2.54. The zero-order valence-corrected chi connectivity index (χ0v) is 12.6. The highest BCUT2D eigenvalue weighted by molar-refractivity contribution is 5.97. The van der Waals surface area contributed by atoms with Crippen molar-refractivity contribution in [1.82, 2.24) is 0 Å². The summed E-state index contributed by atoms with van der Waals surface area (Å²) < 4.78 is 16.8. The Morgan fingerprint density at radius 1 is 1.43 bits per heavy atom. The number of hydrogen-bond donors (Lipinski definition) is 0. The van der Waals surface area contributed by atoms with Crippen molar-refractivity contribution in [3.63, 3.8) is 0 Å². The third kappa shape index (κ3) is 2.02. The van der Waals surface area contributed by atoms with Gasteiger partial charge in [0, 0.05) is 23.4 Å². The molecule has 0 aliphatic carbocycles. The minimum Gasteiger partial charge on any atom is -0.490 e. The van der Waals surface area contributed by atoms with Gasteiger partial charge in [-0.05, 0) is 31.9 Å². The Morgan fingerprint density at radius 3 is 2.86 bits per heavy atom. The summed E-state index contributed by atoms with van der Waals surface area (Å²) in [5, 5.41) is 0.918. The van der Waals surface area contributed by atoms with E-state index in [1.165, 1.54) is 6.07 Å². The highest BCUT2D eigenvalue weighted by Crippen LogP contribution is 2.46. The van der Waals surface area contributed by atoms with E-state index < -0.39 is 0 Å². The third-order valence-corrected chi connectivity index (χ3v) is 3.79. The van der Waals surface area contributed by atoms with Gasteiger partial charge < -0.3 is 13.9 Å². The van der Waals surface area contributed by atoms with Crippen LogP contribution in [-0.4, -0.2) is 13.2 Å². The van der Waals surface area contributed by atoms with Crippen molar-refractivity contribution in [2.45, 2.75) is 33.3 Å². The largest absolute Gasteiger partial charge is 0.490 e. The number of allylic oxidation sites excluding steroid dienone is 1. The summed E-state index contributed by atoms with van der Waals surface area (Å²) in [6.07, 6.45) is 4.92. The molecule has 3 rings (SSSR count).